The topological polar surface area (TPSA) is 48.1 Å². The first-order valence-electron chi connectivity index (χ1n) is 7.75. The Morgan fingerprint density at radius 2 is 1.71 bits per heavy atom. The molecule has 1 saturated heterocycles. The van der Waals surface area contributed by atoms with Gasteiger partial charge in [0.05, 0.1) is 6.10 Å². The number of rotatable bonds is 5. The van der Waals surface area contributed by atoms with Crippen molar-refractivity contribution in [3.63, 3.8) is 0 Å². The first kappa shape index (κ1) is 16.7. The smallest absolute Gasteiger partial charge is 0.303 e. The van der Waals surface area contributed by atoms with Crippen LogP contribution in [0.25, 0.3) is 0 Å². The highest BCUT2D eigenvalue weighted by Gasteiger charge is 2.55. The van der Waals surface area contributed by atoms with Crippen molar-refractivity contribution in [2.75, 3.05) is 0 Å². The maximum absolute atomic E-state index is 11.1. The number of epoxide rings is 1. The molecule has 0 aromatic heterocycles. The van der Waals surface area contributed by atoms with Crippen LogP contribution in [0.3, 0.4) is 0 Å². The van der Waals surface area contributed by atoms with E-state index in [0.717, 1.165) is 0 Å². The molecular formula is C16H28O4Si. The fraction of sp³-hybridized carbons (Fsp3) is 0.812. The second kappa shape index (κ2) is 5.52. The number of carbonyl (C=O) groups excluding carboxylic acids is 1. The van der Waals surface area contributed by atoms with Crippen LogP contribution in [0.1, 0.15) is 34.6 Å². The molecule has 0 N–H and O–H groups in total. The predicted molar refractivity (Wildman–Crippen MR) is 84.6 cm³/mol. The summed E-state index contributed by atoms with van der Waals surface area (Å²) in [6.45, 7) is 15.1. The highest BCUT2D eigenvalue weighted by atomic mass is 28.4. The van der Waals surface area contributed by atoms with Crippen LogP contribution in [0.4, 0.5) is 0 Å². The molecular weight excluding hydrogens is 284 g/mol. The van der Waals surface area contributed by atoms with Crippen LogP contribution >= 0.6 is 0 Å². The monoisotopic (exact) mass is 312 g/mol. The molecule has 1 aliphatic carbocycles. The van der Waals surface area contributed by atoms with Crippen molar-refractivity contribution >= 4 is 14.3 Å². The molecule has 0 spiro atoms. The molecule has 0 amide bonds. The minimum absolute atomic E-state index is 0.0125. The zero-order valence-corrected chi connectivity index (χ0v) is 15.2. The van der Waals surface area contributed by atoms with E-state index < -0.39 is 8.32 Å². The lowest BCUT2D eigenvalue weighted by molar-refractivity contribution is -0.145. The summed E-state index contributed by atoms with van der Waals surface area (Å²) < 4.78 is 17.4. The maximum atomic E-state index is 11.1. The van der Waals surface area contributed by atoms with Gasteiger partial charge in [-0.1, -0.05) is 33.8 Å². The van der Waals surface area contributed by atoms with Crippen LogP contribution in [0, 0.1) is 5.92 Å². The average Bonchev–Trinajstić information content (AvgIpc) is 3.11. The van der Waals surface area contributed by atoms with Gasteiger partial charge in [0.25, 0.3) is 0 Å². The van der Waals surface area contributed by atoms with Crippen LogP contribution in [0.2, 0.25) is 18.1 Å². The number of ether oxygens (including phenoxy) is 2. The Hall–Kier alpha value is -0.653. The van der Waals surface area contributed by atoms with Crippen molar-refractivity contribution in [2.45, 2.75) is 77.2 Å². The van der Waals surface area contributed by atoms with Gasteiger partial charge in [0.1, 0.15) is 18.3 Å². The number of hydrogen-bond acceptors (Lipinski definition) is 4. The molecule has 4 nitrogen and oxygen atoms in total. The molecule has 21 heavy (non-hydrogen) atoms. The van der Waals surface area contributed by atoms with Gasteiger partial charge >= 0.3 is 5.97 Å². The van der Waals surface area contributed by atoms with Gasteiger partial charge in [-0.25, -0.2) is 0 Å². The van der Waals surface area contributed by atoms with Gasteiger partial charge in [-0.05, 0) is 30.1 Å². The van der Waals surface area contributed by atoms with Gasteiger partial charge in [-0.2, -0.15) is 0 Å². The first-order chi connectivity index (χ1) is 9.56. The van der Waals surface area contributed by atoms with Gasteiger partial charge in [0.15, 0.2) is 8.32 Å². The Bertz CT molecular complexity index is 442. The second-order valence-electron chi connectivity index (χ2n) is 7.49. The lowest BCUT2D eigenvalue weighted by Gasteiger charge is -2.44. The normalized spacial score (nSPS) is 32.0. The molecule has 0 radical (unpaired) electrons. The predicted octanol–water partition coefficient (Wildman–Crippen LogP) is 3.28. The molecule has 0 saturated carbocycles. The van der Waals surface area contributed by atoms with E-state index in [1.54, 1.807) is 0 Å². The number of hydrogen-bond donors (Lipinski definition) is 0. The van der Waals surface area contributed by atoms with E-state index in [9.17, 15) is 4.79 Å². The third kappa shape index (κ3) is 3.25. The standard InChI is InChI=1S/C16H28O4Si/c1-10(2)16(4,5)21(6,7)20-13-9-8-12(18-11(3)17)14-15(13)19-14/h8-10,12-15H,1-7H3/t12-,13+,14-,15+/m0/s1. The maximum Gasteiger partial charge on any atom is 0.303 e. The molecule has 1 fully saturated rings. The fourth-order valence-corrected chi connectivity index (χ4v) is 5.28. The Kier molecular flexibility index (Phi) is 4.39. The summed E-state index contributed by atoms with van der Waals surface area (Å²) in [5.74, 6) is 0.297. The van der Waals surface area contributed by atoms with E-state index >= 15 is 0 Å². The number of fused-ring (bicyclic) bond motifs is 1. The minimum Gasteiger partial charge on any atom is -0.455 e. The summed E-state index contributed by atoms with van der Waals surface area (Å²) in [5, 5.41) is 0.179. The lowest BCUT2D eigenvalue weighted by atomic mass is 9.99. The average molecular weight is 312 g/mol. The summed E-state index contributed by atoms with van der Waals surface area (Å²) in [6, 6.07) is 0. The molecule has 0 unspecified atom stereocenters. The van der Waals surface area contributed by atoms with E-state index in [1.165, 1.54) is 6.92 Å². The molecule has 0 aromatic carbocycles. The summed E-state index contributed by atoms with van der Waals surface area (Å²) in [6.07, 6.45) is 3.65. The van der Waals surface area contributed by atoms with Crippen molar-refractivity contribution in [3.8, 4) is 0 Å². The van der Waals surface area contributed by atoms with Gasteiger partial charge in [-0.15, -0.1) is 0 Å². The summed E-state index contributed by atoms with van der Waals surface area (Å²) in [5.41, 5.74) is 0. The van der Waals surface area contributed by atoms with Gasteiger partial charge < -0.3 is 13.9 Å². The zero-order chi connectivity index (χ0) is 16.0. The van der Waals surface area contributed by atoms with E-state index in [0.29, 0.717) is 5.92 Å². The summed E-state index contributed by atoms with van der Waals surface area (Å²) >= 11 is 0. The molecule has 5 heteroatoms. The largest absolute Gasteiger partial charge is 0.455 e. The highest BCUT2D eigenvalue weighted by molar-refractivity contribution is 6.74. The van der Waals surface area contributed by atoms with E-state index in [1.807, 2.05) is 12.2 Å². The van der Waals surface area contributed by atoms with E-state index in [2.05, 4.69) is 40.8 Å². The molecule has 2 aliphatic rings. The summed E-state index contributed by atoms with van der Waals surface area (Å²) in [7, 11) is -1.89. The van der Waals surface area contributed by atoms with Gasteiger partial charge in [-0.3, -0.25) is 4.79 Å². The Morgan fingerprint density at radius 1 is 1.19 bits per heavy atom. The number of esters is 1. The van der Waals surface area contributed by atoms with Crippen molar-refractivity contribution in [3.05, 3.63) is 12.2 Å². The van der Waals surface area contributed by atoms with Crippen LogP contribution in [-0.2, 0) is 18.7 Å². The first-order valence-corrected chi connectivity index (χ1v) is 10.7. The van der Waals surface area contributed by atoms with Gasteiger partial charge in [0.2, 0.25) is 0 Å². The quantitative estimate of drug-likeness (QED) is 0.338. The molecule has 1 heterocycles. The van der Waals surface area contributed by atoms with Gasteiger partial charge in [0, 0.05) is 6.92 Å². The summed E-state index contributed by atoms with van der Waals surface area (Å²) in [4.78, 5) is 11.1. The Balaban J connectivity index is 2.04. The molecule has 0 bridgehead atoms. The SMILES string of the molecule is CC(=O)O[C@H]1C=C[C@@H](O[Si](C)(C)C(C)(C)C(C)C)[C@H]2O[C@H]21. The Labute approximate surface area is 129 Å². The fourth-order valence-electron chi connectivity index (χ4n) is 2.69. The third-order valence-corrected chi connectivity index (χ3v) is 9.97. The van der Waals surface area contributed by atoms with Crippen LogP contribution in [0.15, 0.2) is 12.2 Å². The Morgan fingerprint density at radius 3 is 2.24 bits per heavy atom. The molecule has 1 aliphatic heterocycles. The van der Waals surface area contributed by atoms with Crippen molar-refractivity contribution in [1.29, 1.82) is 0 Å². The lowest BCUT2D eigenvalue weighted by Crippen LogP contribution is -2.49. The molecule has 0 aromatic rings. The zero-order valence-electron chi connectivity index (χ0n) is 14.2. The van der Waals surface area contributed by atoms with Crippen molar-refractivity contribution in [1.82, 2.24) is 0 Å². The van der Waals surface area contributed by atoms with Crippen LogP contribution < -0.4 is 0 Å². The molecule has 120 valence electrons. The molecule has 2 rings (SSSR count). The van der Waals surface area contributed by atoms with Crippen LogP contribution in [0.5, 0.6) is 0 Å². The third-order valence-electron chi connectivity index (χ3n) is 5.43. The second-order valence-corrected chi connectivity index (χ2v) is 12.0. The highest BCUT2D eigenvalue weighted by Crippen LogP contribution is 2.47. The van der Waals surface area contributed by atoms with E-state index in [-0.39, 0.29) is 35.4 Å². The molecule has 4 atom stereocenters. The van der Waals surface area contributed by atoms with Crippen molar-refractivity contribution < 1.29 is 18.7 Å². The minimum atomic E-state index is -1.89. The number of carbonyl (C=O) groups is 1. The van der Waals surface area contributed by atoms with E-state index in [4.69, 9.17) is 13.9 Å². The van der Waals surface area contributed by atoms with Crippen LogP contribution in [-0.4, -0.2) is 38.7 Å². The van der Waals surface area contributed by atoms with Crippen molar-refractivity contribution in [2.24, 2.45) is 5.92 Å².